The number of benzene rings is 2. The van der Waals surface area contributed by atoms with Gasteiger partial charge in [-0.25, -0.2) is 4.79 Å². The Morgan fingerprint density at radius 2 is 2.00 bits per heavy atom. The summed E-state index contributed by atoms with van der Waals surface area (Å²) < 4.78 is 6.15. The van der Waals surface area contributed by atoms with Gasteiger partial charge in [-0.05, 0) is 42.1 Å². The summed E-state index contributed by atoms with van der Waals surface area (Å²) in [5.41, 5.74) is 0.0569. The third-order valence-electron chi connectivity index (χ3n) is 6.49. The molecule has 1 unspecified atom stereocenters. The number of ether oxygens (including phenoxy) is 1. The van der Waals surface area contributed by atoms with E-state index >= 15 is 0 Å². The molecule has 1 aliphatic carbocycles. The molecule has 0 radical (unpaired) electrons. The number of aliphatic carboxylic acids is 1. The van der Waals surface area contributed by atoms with Crippen molar-refractivity contribution >= 4 is 22.6 Å². The van der Waals surface area contributed by atoms with Gasteiger partial charge in [0.1, 0.15) is 5.54 Å². The van der Waals surface area contributed by atoms with Crippen molar-refractivity contribution in [2.24, 2.45) is 5.92 Å². The van der Waals surface area contributed by atoms with E-state index in [9.17, 15) is 14.7 Å². The number of carbonyl (C=O) groups is 2. The van der Waals surface area contributed by atoms with Crippen LogP contribution >= 0.6 is 0 Å². The van der Waals surface area contributed by atoms with E-state index in [1.165, 1.54) is 10.8 Å². The lowest BCUT2D eigenvalue weighted by Crippen LogP contribution is -2.51. The number of likely N-dealkylation sites (N-methyl/N-ethyl adjacent to an activating group) is 1. The number of fused-ring (bicyclic) bond motifs is 1. The fraction of sp³-hybridized carbons (Fsp3) is 0.478. The quantitative estimate of drug-likeness (QED) is 0.752. The number of hydrogen-bond donors (Lipinski definition) is 2. The Kier molecular flexibility index (Phi) is 5.32. The summed E-state index contributed by atoms with van der Waals surface area (Å²) in [4.78, 5) is 26.4. The molecule has 2 aromatic rings. The third-order valence-corrected chi connectivity index (χ3v) is 6.49. The van der Waals surface area contributed by atoms with E-state index < -0.39 is 11.5 Å². The number of carboxylic acids is 1. The molecule has 0 bridgehead atoms. The van der Waals surface area contributed by atoms with Crippen LogP contribution in [-0.2, 0) is 20.9 Å². The van der Waals surface area contributed by atoms with Crippen molar-refractivity contribution in [3.8, 4) is 0 Å². The number of carboxylic acid groups (broad SMARTS) is 1. The van der Waals surface area contributed by atoms with Crippen LogP contribution in [-0.4, -0.2) is 53.2 Å². The van der Waals surface area contributed by atoms with Gasteiger partial charge in [-0.3, -0.25) is 9.69 Å². The maximum Gasteiger partial charge on any atom is 0.329 e. The molecule has 0 spiro atoms. The van der Waals surface area contributed by atoms with Gasteiger partial charge < -0.3 is 15.2 Å². The first kappa shape index (κ1) is 19.9. The zero-order valence-electron chi connectivity index (χ0n) is 16.9. The SMILES string of the molecule is CCC1C[C@]1(NC(=O)[C@@H]1C[C@@H](OCc2cccc3ccccc23)CN1C)C(=O)O. The van der Waals surface area contributed by atoms with Crippen LogP contribution in [0.5, 0.6) is 0 Å². The molecule has 2 aromatic carbocycles. The van der Waals surface area contributed by atoms with Gasteiger partial charge in [-0.1, -0.05) is 55.8 Å². The molecule has 0 aromatic heterocycles. The van der Waals surface area contributed by atoms with Crippen LogP contribution in [0.25, 0.3) is 10.8 Å². The summed E-state index contributed by atoms with van der Waals surface area (Å²) in [6.07, 6.45) is 1.78. The smallest absolute Gasteiger partial charge is 0.329 e. The van der Waals surface area contributed by atoms with Crippen molar-refractivity contribution in [1.29, 1.82) is 0 Å². The van der Waals surface area contributed by atoms with E-state index in [1.54, 1.807) is 0 Å². The van der Waals surface area contributed by atoms with Gasteiger partial charge in [0, 0.05) is 6.54 Å². The molecule has 1 aliphatic heterocycles. The molecule has 1 heterocycles. The maximum absolute atomic E-state index is 12.8. The molecule has 1 saturated heterocycles. The standard InChI is InChI=1S/C23H28N2O4/c1-3-17-12-23(17,22(27)28)24-21(26)20-11-18(13-25(20)2)29-14-16-9-6-8-15-7-4-5-10-19(15)16/h4-10,17-18,20H,3,11-14H2,1-2H3,(H,24,26)(H,27,28)/t17?,18-,20+,23-/m1/s1. The van der Waals surface area contributed by atoms with Gasteiger partial charge in [0.25, 0.3) is 0 Å². The maximum atomic E-state index is 12.8. The Labute approximate surface area is 170 Å². The highest BCUT2D eigenvalue weighted by molar-refractivity contribution is 5.92. The van der Waals surface area contributed by atoms with Gasteiger partial charge in [0.15, 0.2) is 0 Å². The Hall–Kier alpha value is -2.44. The number of amides is 1. The van der Waals surface area contributed by atoms with Crippen LogP contribution in [0.2, 0.25) is 0 Å². The predicted molar refractivity (Wildman–Crippen MR) is 110 cm³/mol. The van der Waals surface area contributed by atoms with Gasteiger partial charge in [-0.15, -0.1) is 0 Å². The monoisotopic (exact) mass is 396 g/mol. The molecular weight excluding hydrogens is 368 g/mol. The normalized spacial score (nSPS) is 29.1. The van der Waals surface area contributed by atoms with E-state index in [1.807, 2.05) is 37.1 Å². The average molecular weight is 396 g/mol. The number of nitrogens with zero attached hydrogens (tertiary/aromatic N) is 1. The van der Waals surface area contributed by atoms with Crippen LogP contribution in [0.15, 0.2) is 42.5 Å². The fourth-order valence-corrected chi connectivity index (χ4v) is 4.60. The van der Waals surface area contributed by atoms with E-state index in [4.69, 9.17) is 4.74 Å². The van der Waals surface area contributed by atoms with Crippen LogP contribution in [0.3, 0.4) is 0 Å². The van der Waals surface area contributed by atoms with E-state index in [-0.39, 0.29) is 24.0 Å². The van der Waals surface area contributed by atoms with Crippen LogP contribution < -0.4 is 5.32 Å². The Balaban J connectivity index is 1.37. The molecule has 4 rings (SSSR count). The summed E-state index contributed by atoms with van der Waals surface area (Å²) in [5, 5.41) is 14.7. The summed E-state index contributed by atoms with van der Waals surface area (Å²) in [5.74, 6) is -1.11. The van der Waals surface area contributed by atoms with Crippen LogP contribution in [0, 0.1) is 5.92 Å². The lowest BCUT2D eigenvalue weighted by atomic mass is 10.1. The second kappa shape index (κ2) is 7.76. The van der Waals surface area contributed by atoms with Crippen molar-refractivity contribution in [1.82, 2.24) is 10.2 Å². The zero-order valence-corrected chi connectivity index (χ0v) is 16.9. The minimum absolute atomic E-state index is 0.0223. The summed E-state index contributed by atoms with van der Waals surface area (Å²) >= 11 is 0. The van der Waals surface area contributed by atoms with Crippen molar-refractivity contribution in [3.63, 3.8) is 0 Å². The number of likely N-dealkylation sites (tertiary alicyclic amines) is 1. The number of nitrogens with one attached hydrogen (secondary N) is 1. The summed E-state index contributed by atoms with van der Waals surface area (Å²) in [7, 11) is 1.89. The minimum Gasteiger partial charge on any atom is -0.479 e. The fourth-order valence-electron chi connectivity index (χ4n) is 4.60. The second-order valence-corrected chi connectivity index (χ2v) is 8.34. The third kappa shape index (κ3) is 3.74. The molecule has 1 saturated carbocycles. The summed E-state index contributed by atoms with van der Waals surface area (Å²) in [6.45, 7) is 3.10. The molecule has 6 heteroatoms. The van der Waals surface area contributed by atoms with E-state index in [0.29, 0.717) is 26.0 Å². The van der Waals surface area contributed by atoms with Crippen LogP contribution in [0.4, 0.5) is 0 Å². The number of hydrogen-bond acceptors (Lipinski definition) is 4. The highest BCUT2D eigenvalue weighted by Crippen LogP contribution is 2.46. The summed E-state index contributed by atoms with van der Waals surface area (Å²) in [6, 6.07) is 14.1. The van der Waals surface area contributed by atoms with Crippen molar-refractivity contribution in [3.05, 3.63) is 48.0 Å². The van der Waals surface area contributed by atoms with Gasteiger partial charge >= 0.3 is 5.97 Å². The highest BCUT2D eigenvalue weighted by atomic mass is 16.5. The lowest BCUT2D eigenvalue weighted by Gasteiger charge is -2.22. The average Bonchev–Trinajstić information content (AvgIpc) is 3.31. The van der Waals surface area contributed by atoms with Crippen molar-refractivity contribution < 1.29 is 19.4 Å². The molecule has 154 valence electrons. The molecule has 29 heavy (non-hydrogen) atoms. The van der Waals surface area contributed by atoms with Gasteiger partial charge in [0.2, 0.25) is 5.91 Å². The molecule has 1 amide bonds. The predicted octanol–water partition coefficient (Wildman–Crippen LogP) is 2.80. The van der Waals surface area contributed by atoms with E-state index in [0.717, 1.165) is 12.0 Å². The first-order valence-electron chi connectivity index (χ1n) is 10.3. The number of carbonyl (C=O) groups excluding carboxylic acids is 1. The molecule has 6 nitrogen and oxygen atoms in total. The largest absolute Gasteiger partial charge is 0.479 e. The number of rotatable bonds is 7. The topological polar surface area (TPSA) is 78.9 Å². The van der Waals surface area contributed by atoms with Gasteiger partial charge in [-0.2, -0.15) is 0 Å². The second-order valence-electron chi connectivity index (χ2n) is 8.34. The zero-order chi connectivity index (χ0) is 20.6. The van der Waals surface area contributed by atoms with Gasteiger partial charge in [0.05, 0.1) is 18.8 Å². The first-order valence-corrected chi connectivity index (χ1v) is 10.3. The lowest BCUT2D eigenvalue weighted by molar-refractivity contribution is -0.144. The van der Waals surface area contributed by atoms with Crippen LogP contribution in [0.1, 0.15) is 31.7 Å². The van der Waals surface area contributed by atoms with E-state index in [2.05, 4.69) is 29.6 Å². The molecular formula is C23H28N2O4. The Morgan fingerprint density at radius 1 is 1.24 bits per heavy atom. The minimum atomic E-state index is -1.07. The molecule has 4 atom stereocenters. The first-order chi connectivity index (χ1) is 13.9. The van der Waals surface area contributed by atoms with Crippen molar-refractivity contribution in [2.75, 3.05) is 13.6 Å². The molecule has 2 aliphatic rings. The highest BCUT2D eigenvalue weighted by Gasteiger charge is 2.61. The molecule has 2 fully saturated rings. The Morgan fingerprint density at radius 3 is 2.72 bits per heavy atom. The Bertz CT molecular complexity index is 925. The van der Waals surface area contributed by atoms with Crippen molar-refractivity contribution in [2.45, 2.75) is 50.5 Å². The molecule has 2 N–H and O–H groups in total.